The Labute approximate surface area is 259 Å². The normalized spacial score (nSPS) is 11.4. The lowest BCUT2D eigenvalue weighted by molar-refractivity contribution is 0.0697. The molecule has 11 nitrogen and oxygen atoms in total. The van der Waals surface area contributed by atoms with Crippen molar-refractivity contribution in [1.82, 2.24) is 9.89 Å². The van der Waals surface area contributed by atoms with Gasteiger partial charge in [-0.05, 0) is 66.1 Å². The van der Waals surface area contributed by atoms with Gasteiger partial charge in [0.2, 0.25) is 5.36 Å². The number of nitrogens with zero attached hydrogens (tertiary/aromatic N) is 2. The molecular weight excluding hydrogens is 597 g/mol. The molecule has 0 unspecified atom stereocenters. The number of hydrogen-bond acceptors (Lipinski definition) is 6. The molecule has 0 saturated heterocycles. The number of fused-ring (bicyclic) bond motifs is 2. The Morgan fingerprint density at radius 1 is 0.933 bits per heavy atom. The Hall–Kier alpha value is -4.96. The first-order chi connectivity index (χ1) is 21.3. The molecule has 0 bridgehead atoms. The van der Waals surface area contributed by atoms with Crippen molar-refractivity contribution in [3.8, 4) is 28.2 Å². The van der Waals surface area contributed by atoms with Gasteiger partial charge in [0.1, 0.15) is 31.2 Å². The van der Waals surface area contributed by atoms with E-state index >= 15 is 0 Å². The summed E-state index contributed by atoms with van der Waals surface area (Å²) in [6.07, 6.45) is 0.444. The SMILES string of the molecule is CN(C)c1ccc2c(-c3cc(C(=O)NCCc4ccc(OP(=O)(O)O)cc4)ccc3C(=O)O)c3ccc(=[N+](C)C)cc-3oc2c1. The Morgan fingerprint density at radius 3 is 2.31 bits per heavy atom. The summed E-state index contributed by atoms with van der Waals surface area (Å²) in [5.41, 5.74) is 4.37. The molecule has 0 spiro atoms. The van der Waals surface area contributed by atoms with Gasteiger partial charge in [0.15, 0.2) is 0 Å². The number of anilines is 1. The monoisotopic (exact) mass is 630 g/mol. The fourth-order valence-corrected chi connectivity index (χ4v) is 5.47. The van der Waals surface area contributed by atoms with E-state index in [-0.39, 0.29) is 29.3 Å². The smallest absolute Gasteiger partial charge is 0.478 e. The van der Waals surface area contributed by atoms with Crippen LogP contribution in [0.2, 0.25) is 0 Å². The number of aromatic carboxylic acids is 1. The number of carboxylic acid groups (broad SMARTS) is 1. The highest BCUT2D eigenvalue weighted by Crippen LogP contribution is 2.42. The van der Waals surface area contributed by atoms with Crippen LogP contribution in [0.1, 0.15) is 26.3 Å². The topological polar surface area (TPSA) is 153 Å². The molecule has 0 aromatic heterocycles. The van der Waals surface area contributed by atoms with Gasteiger partial charge in [0, 0.05) is 60.5 Å². The molecule has 0 radical (unpaired) electrons. The van der Waals surface area contributed by atoms with E-state index in [2.05, 4.69) is 9.84 Å². The first-order valence-corrected chi connectivity index (χ1v) is 15.5. The van der Waals surface area contributed by atoms with Crippen molar-refractivity contribution in [2.75, 3.05) is 39.6 Å². The molecule has 2 aliphatic rings. The van der Waals surface area contributed by atoms with Crippen LogP contribution in [0.3, 0.4) is 0 Å². The predicted molar refractivity (Wildman–Crippen MR) is 172 cm³/mol. The molecule has 1 heterocycles. The van der Waals surface area contributed by atoms with Gasteiger partial charge in [-0.3, -0.25) is 14.6 Å². The first-order valence-electron chi connectivity index (χ1n) is 14.0. The molecule has 0 fully saturated rings. The number of carboxylic acids is 1. The minimum atomic E-state index is -4.65. The number of hydrogen-bond donors (Lipinski definition) is 4. The highest BCUT2D eigenvalue weighted by atomic mass is 31.2. The van der Waals surface area contributed by atoms with Crippen LogP contribution in [-0.2, 0) is 11.0 Å². The molecule has 232 valence electrons. The van der Waals surface area contributed by atoms with Crippen molar-refractivity contribution in [3.05, 3.63) is 101 Å². The molecular formula is C33H33N3O8P+. The zero-order valence-corrected chi connectivity index (χ0v) is 26.0. The quantitative estimate of drug-likeness (QED) is 0.105. The van der Waals surface area contributed by atoms with Crippen LogP contribution in [0.25, 0.3) is 33.4 Å². The van der Waals surface area contributed by atoms with Gasteiger partial charge in [-0.25, -0.2) is 13.9 Å². The van der Waals surface area contributed by atoms with Crippen LogP contribution in [0.4, 0.5) is 5.69 Å². The van der Waals surface area contributed by atoms with Gasteiger partial charge in [-0.1, -0.05) is 12.1 Å². The number of benzene rings is 4. The summed E-state index contributed by atoms with van der Waals surface area (Å²) in [4.78, 5) is 45.6. The van der Waals surface area contributed by atoms with E-state index in [1.54, 1.807) is 18.2 Å². The van der Waals surface area contributed by atoms with Crippen LogP contribution in [0, 0.1) is 0 Å². The molecule has 3 aromatic carbocycles. The van der Waals surface area contributed by atoms with Crippen molar-refractivity contribution in [3.63, 3.8) is 0 Å². The van der Waals surface area contributed by atoms with Crippen molar-refractivity contribution in [2.45, 2.75) is 6.42 Å². The minimum Gasteiger partial charge on any atom is -0.478 e. The number of carbonyl (C=O) groups excluding carboxylic acids is 1. The molecule has 1 amide bonds. The van der Waals surface area contributed by atoms with Crippen LogP contribution in [-0.4, -0.2) is 61.5 Å². The molecule has 1 aliphatic carbocycles. The van der Waals surface area contributed by atoms with Gasteiger partial charge in [0.05, 0.1) is 11.6 Å². The van der Waals surface area contributed by atoms with Crippen LogP contribution >= 0.6 is 7.82 Å². The lowest BCUT2D eigenvalue weighted by Gasteiger charge is -2.19. The van der Waals surface area contributed by atoms with Gasteiger partial charge in [-0.2, -0.15) is 0 Å². The molecule has 45 heavy (non-hydrogen) atoms. The summed E-state index contributed by atoms with van der Waals surface area (Å²) in [5, 5.41) is 14.7. The second kappa shape index (κ2) is 12.6. The maximum Gasteiger partial charge on any atom is 0.524 e. The van der Waals surface area contributed by atoms with E-state index < -0.39 is 13.8 Å². The summed E-state index contributed by atoms with van der Waals surface area (Å²) in [5.74, 6) is -0.900. The molecule has 3 aromatic rings. The summed E-state index contributed by atoms with van der Waals surface area (Å²) in [6, 6.07) is 22.2. The lowest BCUT2D eigenvalue weighted by Crippen LogP contribution is -2.25. The van der Waals surface area contributed by atoms with E-state index in [0.717, 1.165) is 16.6 Å². The predicted octanol–water partition coefficient (Wildman–Crippen LogP) is 4.44. The van der Waals surface area contributed by atoms with Gasteiger partial charge < -0.3 is 24.3 Å². The van der Waals surface area contributed by atoms with E-state index in [1.807, 2.05) is 74.1 Å². The number of carbonyl (C=O) groups is 2. The average Bonchev–Trinajstić information content (AvgIpc) is 2.98. The summed E-state index contributed by atoms with van der Waals surface area (Å²) in [6.45, 7) is 0.268. The fraction of sp³-hybridized carbons (Fsp3) is 0.182. The molecule has 0 saturated carbocycles. The maximum atomic E-state index is 13.3. The van der Waals surface area contributed by atoms with Gasteiger partial charge in [0.25, 0.3) is 5.91 Å². The third-order valence-corrected chi connectivity index (χ3v) is 7.80. The van der Waals surface area contributed by atoms with E-state index in [1.165, 1.54) is 24.3 Å². The maximum absolute atomic E-state index is 13.3. The molecule has 12 heteroatoms. The largest absolute Gasteiger partial charge is 0.524 e. The minimum absolute atomic E-state index is 0.0341. The molecule has 4 N–H and O–H groups in total. The van der Waals surface area contributed by atoms with E-state index in [4.69, 9.17) is 14.2 Å². The Bertz CT molecular complexity index is 2010. The standard InChI is InChI=1S/C33H32N3O8P/c1-35(2)22-8-13-26-29(18-22)43-30-19-23(36(3)4)9-14-27(30)31(26)28-17-21(7-12-25(28)33(38)39)32(37)34-16-15-20-5-10-24(11-6-20)44-45(40,41)42/h5-14,17-19H,15-16H2,1-4H3,(H3-,34,37,38,39,40,41,42)/p+1. The summed E-state index contributed by atoms with van der Waals surface area (Å²) >= 11 is 0. The second-order valence-electron chi connectivity index (χ2n) is 10.9. The Balaban J connectivity index is 1.53. The zero-order valence-electron chi connectivity index (χ0n) is 25.1. The van der Waals surface area contributed by atoms with Crippen molar-refractivity contribution >= 4 is 36.4 Å². The van der Waals surface area contributed by atoms with E-state index in [0.29, 0.717) is 39.8 Å². The number of nitrogens with one attached hydrogen (secondary N) is 1. The summed E-state index contributed by atoms with van der Waals surface area (Å²) < 4.78 is 23.9. The molecule has 1 aliphatic heterocycles. The zero-order chi connectivity index (χ0) is 32.5. The third-order valence-electron chi connectivity index (χ3n) is 7.35. The number of amides is 1. The highest BCUT2D eigenvalue weighted by molar-refractivity contribution is 7.46. The average molecular weight is 631 g/mol. The van der Waals surface area contributed by atoms with E-state index in [9.17, 15) is 19.3 Å². The molecule has 0 atom stereocenters. The summed E-state index contributed by atoms with van der Waals surface area (Å²) in [7, 11) is 3.05. The third kappa shape index (κ3) is 7.07. The lowest BCUT2D eigenvalue weighted by atomic mass is 9.89. The fourth-order valence-electron chi connectivity index (χ4n) is 5.07. The second-order valence-corrected chi connectivity index (χ2v) is 12.1. The van der Waals surface area contributed by atoms with Gasteiger partial charge >= 0.3 is 13.8 Å². The van der Waals surface area contributed by atoms with Crippen molar-refractivity contribution in [2.24, 2.45) is 0 Å². The highest BCUT2D eigenvalue weighted by Gasteiger charge is 2.24. The molecule has 5 rings (SSSR count). The first kappa shape index (κ1) is 31.5. The Morgan fingerprint density at radius 2 is 1.67 bits per heavy atom. The van der Waals surface area contributed by atoms with Crippen LogP contribution in [0.15, 0.2) is 83.3 Å². The van der Waals surface area contributed by atoms with Crippen molar-refractivity contribution in [1.29, 1.82) is 0 Å². The number of phosphoric ester groups is 1. The number of phosphoric acid groups is 1. The van der Waals surface area contributed by atoms with Crippen molar-refractivity contribution < 1.29 is 38.0 Å². The van der Waals surface area contributed by atoms with Gasteiger partial charge in [-0.15, -0.1) is 0 Å². The van der Waals surface area contributed by atoms with Crippen LogP contribution in [0.5, 0.6) is 5.75 Å². The number of rotatable bonds is 9. The Kier molecular flexibility index (Phi) is 8.79. The van der Waals surface area contributed by atoms with Crippen LogP contribution < -0.4 is 24.7 Å².